The maximum atomic E-state index is 12.0. The highest BCUT2D eigenvalue weighted by Gasteiger charge is 2.27. The summed E-state index contributed by atoms with van der Waals surface area (Å²) >= 11 is 0. The largest absolute Gasteiger partial charge is 0.497 e. The number of hydrogen-bond acceptors (Lipinski definition) is 5. The summed E-state index contributed by atoms with van der Waals surface area (Å²) in [5.41, 5.74) is 0. The van der Waals surface area contributed by atoms with Gasteiger partial charge in [0.2, 0.25) is 10.0 Å². The molecule has 1 aliphatic heterocycles. The van der Waals surface area contributed by atoms with Gasteiger partial charge in [0.25, 0.3) is 0 Å². The number of benzene rings is 1. The highest BCUT2D eigenvalue weighted by molar-refractivity contribution is 7.89. The molecule has 8 nitrogen and oxygen atoms in total. The summed E-state index contributed by atoms with van der Waals surface area (Å²) in [6, 6.07) is 7.68. The maximum absolute atomic E-state index is 12.0. The first-order chi connectivity index (χ1) is 13.9. The van der Waals surface area contributed by atoms with Crippen LogP contribution in [0.2, 0.25) is 0 Å². The number of piperidine rings is 1. The van der Waals surface area contributed by atoms with E-state index in [2.05, 4.69) is 15.6 Å². The van der Waals surface area contributed by atoms with Gasteiger partial charge in [-0.3, -0.25) is 0 Å². The maximum Gasteiger partial charge on any atom is 0.213 e. The number of aliphatic imine (C=N–C) groups is 1. The number of hydrogen-bond donors (Lipinski definition) is 2. The van der Waals surface area contributed by atoms with E-state index in [4.69, 9.17) is 9.47 Å². The Morgan fingerprint density at radius 3 is 2.38 bits per heavy atom. The smallest absolute Gasteiger partial charge is 0.213 e. The highest BCUT2D eigenvalue weighted by atomic mass is 32.2. The van der Waals surface area contributed by atoms with Gasteiger partial charge in [0, 0.05) is 25.7 Å². The second-order valence-corrected chi connectivity index (χ2v) is 9.30. The molecule has 164 valence electrons. The fraction of sp³-hybridized carbons (Fsp3) is 0.650. The van der Waals surface area contributed by atoms with E-state index in [1.165, 1.54) is 0 Å². The van der Waals surface area contributed by atoms with Gasteiger partial charge in [0.15, 0.2) is 5.96 Å². The van der Waals surface area contributed by atoms with E-state index >= 15 is 0 Å². The Balaban J connectivity index is 1.85. The molecule has 0 saturated carbocycles. The summed E-state index contributed by atoms with van der Waals surface area (Å²) in [4.78, 5) is 4.63. The highest BCUT2D eigenvalue weighted by Crippen LogP contribution is 2.18. The molecule has 29 heavy (non-hydrogen) atoms. The standard InChI is InChI=1S/C20H34N4O4S/c1-5-21-20(23-17-11-13-24(14-12-17)29(25,26)6-2)22-15-16(3)28-19-9-7-18(27-4)8-10-19/h7-10,16-17H,5-6,11-15H2,1-4H3,(H2,21,22,23). The molecule has 1 unspecified atom stereocenters. The fourth-order valence-corrected chi connectivity index (χ4v) is 4.25. The predicted octanol–water partition coefficient (Wildman–Crippen LogP) is 1.83. The number of nitrogens with zero attached hydrogens (tertiary/aromatic N) is 2. The molecule has 2 rings (SSSR count). The van der Waals surface area contributed by atoms with E-state index < -0.39 is 10.0 Å². The lowest BCUT2D eigenvalue weighted by atomic mass is 10.1. The number of rotatable bonds is 9. The summed E-state index contributed by atoms with van der Waals surface area (Å²) in [5.74, 6) is 2.45. The molecular formula is C20H34N4O4S. The van der Waals surface area contributed by atoms with Crippen molar-refractivity contribution in [3.05, 3.63) is 24.3 Å². The van der Waals surface area contributed by atoms with E-state index in [0.717, 1.165) is 36.8 Å². The fourth-order valence-electron chi connectivity index (χ4n) is 3.12. The number of guanidine groups is 1. The molecule has 1 atom stereocenters. The molecule has 0 aliphatic carbocycles. The van der Waals surface area contributed by atoms with E-state index in [1.54, 1.807) is 18.3 Å². The normalized spacial score (nSPS) is 17.6. The van der Waals surface area contributed by atoms with Crippen LogP contribution in [0.5, 0.6) is 11.5 Å². The molecule has 2 N–H and O–H groups in total. The molecular weight excluding hydrogens is 392 g/mol. The van der Waals surface area contributed by atoms with Gasteiger partial charge in [-0.15, -0.1) is 0 Å². The van der Waals surface area contributed by atoms with Crippen LogP contribution in [0.1, 0.15) is 33.6 Å². The van der Waals surface area contributed by atoms with Crippen LogP contribution in [0.4, 0.5) is 0 Å². The quantitative estimate of drug-likeness (QED) is 0.462. The topological polar surface area (TPSA) is 92.3 Å². The van der Waals surface area contributed by atoms with Gasteiger partial charge in [-0.05, 0) is 57.9 Å². The van der Waals surface area contributed by atoms with Gasteiger partial charge in [-0.25, -0.2) is 17.7 Å². The Hall–Kier alpha value is -2.00. The minimum atomic E-state index is -3.10. The average molecular weight is 427 g/mol. The first kappa shape index (κ1) is 23.3. The Morgan fingerprint density at radius 1 is 1.21 bits per heavy atom. The third-order valence-corrected chi connectivity index (χ3v) is 6.68. The van der Waals surface area contributed by atoms with Crippen LogP contribution < -0.4 is 20.1 Å². The molecule has 0 bridgehead atoms. The first-order valence-corrected chi connectivity index (χ1v) is 11.8. The summed E-state index contributed by atoms with van der Waals surface area (Å²) in [5, 5.41) is 6.68. The third kappa shape index (κ3) is 7.40. The van der Waals surface area contributed by atoms with Gasteiger partial charge in [0.1, 0.15) is 17.6 Å². The van der Waals surface area contributed by atoms with Gasteiger partial charge >= 0.3 is 0 Å². The lowest BCUT2D eigenvalue weighted by Crippen LogP contribution is -2.50. The molecule has 9 heteroatoms. The molecule has 0 amide bonds. The number of methoxy groups -OCH3 is 1. The minimum Gasteiger partial charge on any atom is -0.497 e. The Morgan fingerprint density at radius 2 is 1.83 bits per heavy atom. The zero-order valence-electron chi connectivity index (χ0n) is 17.8. The average Bonchev–Trinajstić information content (AvgIpc) is 2.73. The molecule has 1 aromatic carbocycles. The molecule has 0 spiro atoms. The van der Waals surface area contributed by atoms with Crippen LogP contribution in [0, 0.1) is 0 Å². The molecule has 1 aliphatic rings. The molecule has 1 heterocycles. The number of ether oxygens (including phenoxy) is 2. The van der Waals surface area contributed by atoms with Crippen LogP contribution >= 0.6 is 0 Å². The number of sulfonamides is 1. The van der Waals surface area contributed by atoms with E-state index in [1.807, 2.05) is 38.1 Å². The minimum absolute atomic E-state index is 0.0876. The molecule has 1 saturated heterocycles. The van der Waals surface area contributed by atoms with Crippen LogP contribution in [0.25, 0.3) is 0 Å². The van der Waals surface area contributed by atoms with E-state index in [0.29, 0.717) is 19.6 Å². The lowest BCUT2D eigenvalue weighted by molar-refractivity contribution is 0.229. The number of nitrogens with one attached hydrogen (secondary N) is 2. The van der Waals surface area contributed by atoms with Crippen LogP contribution in [0.15, 0.2) is 29.3 Å². The van der Waals surface area contributed by atoms with Gasteiger partial charge in [0.05, 0.1) is 19.4 Å². The van der Waals surface area contributed by atoms with Crippen molar-refractivity contribution in [1.29, 1.82) is 0 Å². The van der Waals surface area contributed by atoms with Gasteiger partial charge in [-0.1, -0.05) is 0 Å². The summed E-state index contributed by atoms with van der Waals surface area (Å²) < 4.78 is 36.6. The lowest BCUT2D eigenvalue weighted by Gasteiger charge is -2.32. The Kier molecular flexibility index (Phi) is 9.03. The van der Waals surface area contributed by atoms with Gasteiger partial charge < -0.3 is 20.1 Å². The Labute approximate surface area is 174 Å². The second-order valence-electron chi connectivity index (χ2n) is 7.04. The van der Waals surface area contributed by atoms with Crippen molar-refractivity contribution in [3.63, 3.8) is 0 Å². The first-order valence-electron chi connectivity index (χ1n) is 10.2. The van der Waals surface area contributed by atoms with E-state index in [9.17, 15) is 8.42 Å². The third-order valence-electron chi connectivity index (χ3n) is 4.80. The predicted molar refractivity (Wildman–Crippen MR) is 116 cm³/mol. The van der Waals surface area contributed by atoms with Gasteiger partial charge in [-0.2, -0.15) is 0 Å². The zero-order chi connectivity index (χ0) is 21.3. The van der Waals surface area contributed by atoms with Crippen molar-refractivity contribution in [1.82, 2.24) is 14.9 Å². The summed E-state index contributed by atoms with van der Waals surface area (Å²) in [7, 11) is -1.47. The zero-order valence-corrected chi connectivity index (χ0v) is 18.7. The van der Waals surface area contributed by atoms with Crippen molar-refractivity contribution in [3.8, 4) is 11.5 Å². The summed E-state index contributed by atoms with van der Waals surface area (Å²) in [6.07, 6.45) is 1.44. The summed E-state index contributed by atoms with van der Waals surface area (Å²) in [6.45, 7) is 8.03. The second kappa shape index (κ2) is 11.3. The molecule has 0 radical (unpaired) electrons. The van der Waals surface area contributed by atoms with Crippen molar-refractivity contribution < 1.29 is 17.9 Å². The Bertz CT molecular complexity index is 744. The molecule has 0 aromatic heterocycles. The monoisotopic (exact) mass is 426 g/mol. The van der Waals surface area contributed by atoms with Crippen molar-refractivity contribution in [2.45, 2.75) is 45.8 Å². The van der Waals surface area contributed by atoms with Crippen molar-refractivity contribution in [2.75, 3.05) is 39.0 Å². The SMILES string of the molecule is CCNC(=NCC(C)Oc1ccc(OC)cc1)NC1CCN(S(=O)(=O)CC)CC1. The van der Waals surface area contributed by atoms with Crippen molar-refractivity contribution >= 4 is 16.0 Å². The van der Waals surface area contributed by atoms with Crippen molar-refractivity contribution in [2.24, 2.45) is 4.99 Å². The van der Waals surface area contributed by atoms with Crippen LogP contribution in [-0.4, -0.2) is 69.9 Å². The van der Waals surface area contributed by atoms with Crippen LogP contribution in [0.3, 0.4) is 0 Å². The molecule has 1 aromatic rings. The molecule has 1 fully saturated rings. The van der Waals surface area contributed by atoms with E-state index in [-0.39, 0.29) is 17.9 Å². The van der Waals surface area contributed by atoms with Crippen LogP contribution in [-0.2, 0) is 10.0 Å².